The van der Waals surface area contributed by atoms with Gasteiger partial charge in [-0.15, -0.1) is 0 Å². The fourth-order valence-electron chi connectivity index (χ4n) is 4.99. The number of carbonyl (C=O) groups excluding carboxylic acids is 3. The number of benzene rings is 1. The molecule has 1 aromatic heterocycles. The predicted molar refractivity (Wildman–Crippen MR) is 121 cm³/mol. The van der Waals surface area contributed by atoms with Gasteiger partial charge in [0.25, 0.3) is 5.91 Å². The van der Waals surface area contributed by atoms with Crippen molar-refractivity contribution >= 4 is 17.7 Å². The van der Waals surface area contributed by atoms with Crippen molar-refractivity contribution in [1.82, 2.24) is 20.4 Å². The number of hydrogen-bond donors (Lipinski definition) is 2. The first-order valence-electron chi connectivity index (χ1n) is 11.9. The first-order valence-corrected chi connectivity index (χ1v) is 11.9. The molecule has 2 N–H and O–H groups in total. The predicted octanol–water partition coefficient (Wildman–Crippen LogP) is 2.40. The number of fused-ring (bicyclic) bond motifs is 1. The Morgan fingerprint density at radius 3 is 2.55 bits per heavy atom. The quantitative estimate of drug-likeness (QED) is 0.644. The SMILES string of the molecule is O=C(CNC(=O)C1c2ccccc2C(=O)N1C1CC1)NCC(c1ccco1)N1CCCCC1. The highest BCUT2D eigenvalue weighted by molar-refractivity contribution is 6.05. The molecule has 3 heterocycles. The minimum absolute atomic E-state index is 0.0235. The van der Waals surface area contributed by atoms with Crippen LogP contribution in [-0.4, -0.2) is 59.7 Å². The topological polar surface area (TPSA) is 94.9 Å². The van der Waals surface area contributed by atoms with Crippen LogP contribution in [0.25, 0.3) is 0 Å². The number of likely N-dealkylation sites (tertiary alicyclic amines) is 1. The number of amides is 3. The maximum Gasteiger partial charge on any atom is 0.255 e. The van der Waals surface area contributed by atoms with Gasteiger partial charge in [0.15, 0.2) is 0 Å². The monoisotopic (exact) mass is 450 g/mol. The van der Waals surface area contributed by atoms with E-state index in [9.17, 15) is 14.4 Å². The third-order valence-electron chi connectivity index (χ3n) is 6.81. The van der Waals surface area contributed by atoms with Crippen molar-refractivity contribution in [1.29, 1.82) is 0 Å². The summed E-state index contributed by atoms with van der Waals surface area (Å²) in [6.07, 6.45) is 6.98. The van der Waals surface area contributed by atoms with Crippen molar-refractivity contribution in [3.8, 4) is 0 Å². The summed E-state index contributed by atoms with van der Waals surface area (Å²) < 4.78 is 5.63. The molecule has 3 aliphatic rings. The number of nitrogens with zero attached hydrogens (tertiary/aromatic N) is 2. The van der Waals surface area contributed by atoms with Crippen molar-refractivity contribution in [2.45, 2.75) is 50.2 Å². The molecule has 5 rings (SSSR count). The highest BCUT2D eigenvalue weighted by Gasteiger charge is 2.47. The van der Waals surface area contributed by atoms with E-state index in [1.807, 2.05) is 30.3 Å². The summed E-state index contributed by atoms with van der Waals surface area (Å²) in [5.41, 5.74) is 1.30. The molecule has 0 radical (unpaired) electrons. The van der Waals surface area contributed by atoms with Crippen LogP contribution in [0.15, 0.2) is 47.1 Å². The van der Waals surface area contributed by atoms with Gasteiger partial charge < -0.3 is 20.0 Å². The normalized spacial score (nSPS) is 21.5. The van der Waals surface area contributed by atoms with Gasteiger partial charge in [0.05, 0.1) is 18.8 Å². The van der Waals surface area contributed by atoms with Crippen LogP contribution in [-0.2, 0) is 9.59 Å². The smallest absolute Gasteiger partial charge is 0.255 e. The molecule has 0 bridgehead atoms. The minimum Gasteiger partial charge on any atom is -0.468 e. The summed E-state index contributed by atoms with van der Waals surface area (Å²) in [5.74, 6) is 0.171. The molecule has 2 fully saturated rings. The van der Waals surface area contributed by atoms with Gasteiger partial charge in [-0.2, -0.15) is 0 Å². The van der Waals surface area contributed by atoms with Crippen molar-refractivity contribution in [3.05, 3.63) is 59.5 Å². The average Bonchev–Trinajstić information content (AvgIpc) is 3.45. The van der Waals surface area contributed by atoms with Gasteiger partial charge in [0.1, 0.15) is 11.8 Å². The van der Waals surface area contributed by atoms with Gasteiger partial charge >= 0.3 is 0 Å². The Morgan fingerprint density at radius 1 is 1.03 bits per heavy atom. The number of furan rings is 1. The van der Waals surface area contributed by atoms with Crippen molar-refractivity contribution in [3.63, 3.8) is 0 Å². The van der Waals surface area contributed by atoms with Crippen LogP contribution in [0.2, 0.25) is 0 Å². The van der Waals surface area contributed by atoms with E-state index < -0.39 is 6.04 Å². The average molecular weight is 451 g/mol. The third kappa shape index (κ3) is 4.53. The minimum atomic E-state index is -0.668. The molecule has 3 amide bonds. The highest BCUT2D eigenvalue weighted by Crippen LogP contribution is 2.41. The molecule has 8 heteroatoms. The molecule has 33 heavy (non-hydrogen) atoms. The third-order valence-corrected chi connectivity index (χ3v) is 6.81. The zero-order valence-electron chi connectivity index (χ0n) is 18.7. The summed E-state index contributed by atoms with van der Waals surface area (Å²) in [4.78, 5) is 42.5. The summed E-state index contributed by atoms with van der Waals surface area (Å²) in [7, 11) is 0. The Hall–Kier alpha value is -3.13. The Morgan fingerprint density at radius 2 is 1.82 bits per heavy atom. The van der Waals surface area contributed by atoms with Gasteiger partial charge in [-0.05, 0) is 62.5 Å². The Bertz CT molecular complexity index is 1010. The fourth-order valence-corrected chi connectivity index (χ4v) is 4.99. The molecule has 2 aromatic rings. The number of nitrogens with one attached hydrogen (secondary N) is 2. The van der Waals surface area contributed by atoms with Crippen LogP contribution < -0.4 is 10.6 Å². The second-order valence-corrected chi connectivity index (χ2v) is 9.08. The lowest BCUT2D eigenvalue weighted by Crippen LogP contribution is -2.45. The molecular weight excluding hydrogens is 420 g/mol. The molecular formula is C25H30N4O4. The maximum atomic E-state index is 13.1. The van der Waals surface area contributed by atoms with Gasteiger partial charge in [-0.1, -0.05) is 24.6 Å². The van der Waals surface area contributed by atoms with Gasteiger partial charge in [0, 0.05) is 18.2 Å². The van der Waals surface area contributed by atoms with Crippen LogP contribution in [0.1, 0.15) is 65.9 Å². The molecule has 1 saturated heterocycles. The number of rotatable bonds is 8. The van der Waals surface area contributed by atoms with E-state index in [4.69, 9.17) is 4.42 Å². The second kappa shape index (κ2) is 9.39. The van der Waals surface area contributed by atoms with E-state index in [1.54, 1.807) is 17.2 Å². The standard InChI is InChI=1S/C25H30N4O4/c30-22(26-15-20(21-9-6-14-33-21)28-12-4-1-5-13-28)16-27-24(31)23-18-7-2-3-8-19(18)25(32)29(23)17-10-11-17/h2-3,6-9,14,17,20,23H,1,4-5,10-13,15-16H2,(H,26,30)(H,27,31). The molecule has 2 atom stereocenters. The first-order chi connectivity index (χ1) is 16.1. The van der Waals surface area contributed by atoms with Gasteiger partial charge in [-0.3, -0.25) is 19.3 Å². The van der Waals surface area contributed by atoms with Crippen molar-refractivity contribution in [2.75, 3.05) is 26.2 Å². The number of hydrogen-bond acceptors (Lipinski definition) is 5. The van der Waals surface area contributed by atoms with E-state index in [2.05, 4.69) is 15.5 Å². The summed E-state index contributed by atoms with van der Waals surface area (Å²) >= 11 is 0. The number of carbonyl (C=O) groups is 3. The summed E-state index contributed by atoms with van der Waals surface area (Å²) in [5, 5.41) is 5.71. The molecule has 0 spiro atoms. The second-order valence-electron chi connectivity index (χ2n) is 9.08. The van der Waals surface area contributed by atoms with E-state index in [-0.39, 0.29) is 36.3 Å². The lowest BCUT2D eigenvalue weighted by molar-refractivity contribution is -0.129. The lowest BCUT2D eigenvalue weighted by Gasteiger charge is -2.33. The van der Waals surface area contributed by atoms with Crippen LogP contribution in [0, 0.1) is 0 Å². The van der Waals surface area contributed by atoms with E-state index in [1.165, 1.54) is 6.42 Å². The summed E-state index contributed by atoms with van der Waals surface area (Å²) in [6, 6.07) is 10.5. The molecule has 1 aromatic carbocycles. The first kappa shape index (κ1) is 21.7. The van der Waals surface area contributed by atoms with Crippen LogP contribution in [0.5, 0.6) is 0 Å². The Kier molecular flexibility index (Phi) is 6.17. The lowest BCUT2D eigenvalue weighted by atomic mass is 10.0. The van der Waals surface area contributed by atoms with Crippen molar-refractivity contribution < 1.29 is 18.8 Å². The van der Waals surface area contributed by atoms with E-state index in [0.29, 0.717) is 12.1 Å². The summed E-state index contributed by atoms with van der Waals surface area (Å²) in [6.45, 7) is 2.24. The van der Waals surface area contributed by atoms with E-state index >= 15 is 0 Å². The highest BCUT2D eigenvalue weighted by atomic mass is 16.3. The van der Waals surface area contributed by atoms with Crippen LogP contribution in [0.3, 0.4) is 0 Å². The Balaban J connectivity index is 1.19. The molecule has 2 aliphatic heterocycles. The number of piperidine rings is 1. The van der Waals surface area contributed by atoms with E-state index in [0.717, 1.165) is 50.1 Å². The molecule has 1 saturated carbocycles. The van der Waals surface area contributed by atoms with Crippen LogP contribution in [0.4, 0.5) is 0 Å². The fraction of sp³-hybridized carbons (Fsp3) is 0.480. The molecule has 8 nitrogen and oxygen atoms in total. The molecule has 1 aliphatic carbocycles. The van der Waals surface area contributed by atoms with Gasteiger partial charge in [-0.25, -0.2) is 0 Å². The molecule has 174 valence electrons. The van der Waals surface area contributed by atoms with Crippen LogP contribution >= 0.6 is 0 Å². The maximum absolute atomic E-state index is 13.1. The Labute approximate surface area is 193 Å². The zero-order chi connectivity index (χ0) is 22.8. The largest absolute Gasteiger partial charge is 0.468 e. The zero-order valence-corrected chi connectivity index (χ0v) is 18.7. The molecule has 2 unspecified atom stereocenters. The van der Waals surface area contributed by atoms with Crippen molar-refractivity contribution in [2.24, 2.45) is 0 Å². The van der Waals surface area contributed by atoms with Gasteiger partial charge in [0.2, 0.25) is 11.8 Å².